The third kappa shape index (κ3) is 1.43. The Labute approximate surface area is 88.3 Å². The highest BCUT2D eigenvalue weighted by molar-refractivity contribution is 9.10. The molecule has 0 unspecified atom stereocenters. The van der Waals surface area contributed by atoms with Crippen LogP contribution < -0.4 is 0 Å². The van der Waals surface area contributed by atoms with Crippen molar-refractivity contribution >= 4 is 31.7 Å². The summed E-state index contributed by atoms with van der Waals surface area (Å²) >= 11 is 2.97. The Kier molecular flexibility index (Phi) is 2.09. The molecule has 7 heteroatoms. The molecule has 0 aliphatic heterocycles. The van der Waals surface area contributed by atoms with Crippen molar-refractivity contribution in [2.24, 2.45) is 0 Å². The molecule has 0 saturated heterocycles. The van der Waals surface area contributed by atoms with Gasteiger partial charge in [-0.2, -0.15) is 8.42 Å². The van der Waals surface area contributed by atoms with Gasteiger partial charge in [0.05, 0.1) is 0 Å². The molecule has 2 heterocycles. The fraction of sp³-hybridized carbons (Fsp3) is 0. The topological polar surface area (TPSA) is 71.7 Å². The van der Waals surface area contributed by atoms with Crippen molar-refractivity contribution in [3.05, 3.63) is 29.0 Å². The normalized spacial score (nSPS) is 12.1. The maximum Gasteiger partial charge on any atom is 0.313 e. The van der Waals surface area contributed by atoms with Crippen molar-refractivity contribution in [3.63, 3.8) is 0 Å². The van der Waals surface area contributed by atoms with Crippen molar-refractivity contribution in [1.29, 1.82) is 0 Å². The molecule has 0 atom stereocenters. The Morgan fingerprint density at radius 1 is 1.43 bits per heavy atom. The van der Waals surface area contributed by atoms with Crippen molar-refractivity contribution < 1.29 is 13.0 Å². The highest BCUT2D eigenvalue weighted by Crippen LogP contribution is 2.22. The fourth-order valence-electron chi connectivity index (χ4n) is 1.18. The van der Waals surface area contributed by atoms with Gasteiger partial charge >= 0.3 is 10.1 Å². The van der Waals surface area contributed by atoms with Gasteiger partial charge in [0.15, 0.2) is 0 Å². The predicted molar refractivity (Wildman–Crippen MR) is 52.7 cm³/mol. The minimum absolute atomic E-state index is 0.103. The predicted octanol–water partition coefficient (Wildman–Crippen LogP) is 1.34. The molecule has 0 spiro atoms. The number of pyridine rings is 1. The van der Waals surface area contributed by atoms with Gasteiger partial charge in [0.25, 0.3) is 0 Å². The lowest BCUT2D eigenvalue weighted by Crippen LogP contribution is -2.02. The first-order valence-corrected chi connectivity index (χ1v) is 5.83. The van der Waals surface area contributed by atoms with E-state index in [-0.39, 0.29) is 9.63 Å². The second kappa shape index (κ2) is 3.04. The summed E-state index contributed by atoms with van der Waals surface area (Å²) in [6.07, 6.45) is 1.51. The number of hydrogen-bond acceptors (Lipinski definition) is 3. The zero-order valence-electron chi connectivity index (χ0n) is 6.75. The number of hydrogen-bond donors (Lipinski definition) is 1. The lowest BCUT2D eigenvalue weighted by Gasteiger charge is -1.96. The number of fused-ring (bicyclic) bond motifs is 1. The van der Waals surface area contributed by atoms with Crippen LogP contribution in [0, 0.1) is 0 Å². The number of imidazole rings is 1. The second-order valence-corrected chi connectivity index (χ2v) is 4.70. The van der Waals surface area contributed by atoms with E-state index >= 15 is 0 Å². The summed E-state index contributed by atoms with van der Waals surface area (Å²) in [5, 5.41) is -0.256. The minimum Gasteiger partial charge on any atom is -0.288 e. The van der Waals surface area contributed by atoms with Gasteiger partial charge in [-0.05, 0) is 28.1 Å². The van der Waals surface area contributed by atoms with Gasteiger partial charge in [-0.3, -0.25) is 8.95 Å². The van der Waals surface area contributed by atoms with Crippen LogP contribution in [0.25, 0.3) is 5.65 Å². The molecule has 0 aliphatic rings. The standard InChI is InChI=1S/C7H5BrN2O3S/c8-6-7(14(11,12)13)10-4-2-1-3-5(10)9-6/h1-4H,(H,11,12,13). The van der Waals surface area contributed by atoms with Gasteiger partial charge in [0, 0.05) is 6.20 Å². The van der Waals surface area contributed by atoms with Gasteiger partial charge in [-0.1, -0.05) is 6.07 Å². The monoisotopic (exact) mass is 276 g/mol. The molecule has 1 N–H and O–H groups in total. The molecule has 2 aromatic rings. The van der Waals surface area contributed by atoms with Crippen LogP contribution in [-0.4, -0.2) is 22.4 Å². The molecule has 2 aromatic heterocycles. The van der Waals surface area contributed by atoms with E-state index in [0.717, 1.165) is 0 Å². The smallest absolute Gasteiger partial charge is 0.288 e. The summed E-state index contributed by atoms with van der Waals surface area (Å²) in [6.45, 7) is 0. The van der Waals surface area contributed by atoms with E-state index in [1.54, 1.807) is 18.2 Å². The third-order valence-corrected chi connectivity index (χ3v) is 3.38. The fourth-order valence-corrected chi connectivity index (χ4v) is 2.82. The molecule has 0 saturated carbocycles. The minimum atomic E-state index is -4.26. The zero-order valence-corrected chi connectivity index (χ0v) is 9.16. The van der Waals surface area contributed by atoms with Crippen LogP contribution >= 0.6 is 15.9 Å². The molecular formula is C7H5BrN2O3S. The molecule has 0 amide bonds. The van der Waals surface area contributed by atoms with Crippen LogP contribution in [0.2, 0.25) is 0 Å². The summed E-state index contributed by atoms with van der Waals surface area (Å²) in [4.78, 5) is 3.92. The second-order valence-electron chi connectivity index (χ2n) is 2.61. The molecule has 0 aliphatic carbocycles. The van der Waals surface area contributed by atoms with E-state index in [9.17, 15) is 8.42 Å². The number of aromatic nitrogens is 2. The quantitative estimate of drug-likeness (QED) is 0.798. The maximum absolute atomic E-state index is 11.0. The Hall–Kier alpha value is -0.920. The highest BCUT2D eigenvalue weighted by atomic mass is 79.9. The van der Waals surface area contributed by atoms with Crippen LogP contribution in [0.5, 0.6) is 0 Å². The van der Waals surface area contributed by atoms with E-state index in [1.807, 2.05) is 0 Å². The van der Waals surface area contributed by atoms with E-state index < -0.39 is 10.1 Å². The third-order valence-electron chi connectivity index (χ3n) is 1.69. The van der Waals surface area contributed by atoms with Crippen LogP contribution in [-0.2, 0) is 10.1 Å². The van der Waals surface area contributed by atoms with E-state index in [4.69, 9.17) is 4.55 Å². The first-order chi connectivity index (χ1) is 6.50. The molecule has 0 aromatic carbocycles. The Morgan fingerprint density at radius 3 is 2.79 bits per heavy atom. The van der Waals surface area contributed by atoms with E-state index in [2.05, 4.69) is 20.9 Å². The maximum atomic E-state index is 11.0. The summed E-state index contributed by atoms with van der Waals surface area (Å²) in [5.74, 6) is 0. The number of halogens is 1. The van der Waals surface area contributed by atoms with Gasteiger partial charge in [-0.15, -0.1) is 0 Å². The summed E-state index contributed by atoms with van der Waals surface area (Å²) in [5.41, 5.74) is 0.451. The lowest BCUT2D eigenvalue weighted by atomic mass is 10.5. The van der Waals surface area contributed by atoms with Gasteiger partial charge in [0.1, 0.15) is 10.3 Å². The Morgan fingerprint density at radius 2 is 2.14 bits per heavy atom. The van der Waals surface area contributed by atoms with Crippen molar-refractivity contribution in [1.82, 2.24) is 9.38 Å². The number of nitrogens with zero attached hydrogens (tertiary/aromatic N) is 2. The van der Waals surface area contributed by atoms with Gasteiger partial charge < -0.3 is 0 Å². The Bertz CT molecular complexity index is 590. The Balaban J connectivity index is 2.95. The highest BCUT2D eigenvalue weighted by Gasteiger charge is 2.20. The first kappa shape index (κ1) is 9.63. The first-order valence-electron chi connectivity index (χ1n) is 3.60. The van der Waals surface area contributed by atoms with Gasteiger partial charge in [0.2, 0.25) is 5.03 Å². The lowest BCUT2D eigenvalue weighted by molar-refractivity contribution is 0.477. The van der Waals surface area contributed by atoms with Crippen molar-refractivity contribution in [2.45, 2.75) is 5.03 Å². The summed E-state index contributed by atoms with van der Waals surface area (Å²) < 4.78 is 32.3. The zero-order chi connectivity index (χ0) is 10.3. The molecule has 14 heavy (non-hydrogen) atoms. The molecule has 74 valence electrons. The molecule has 2 rings (SSSR count). The van der Waals surface area contributed by atoms with E-state index in [1.165, 1.54) is 10.6 Å². The molecule has 0 radical (unpaired) electrons. The summed E-state index contributed by atoms with van der Waals surface area (Å²) in [7, 11) is -4.26. The van der Waals surface area contributed by atoms with Crippen molar-refractivity contribution in [2.75, 3.05) is 0 Å². The molecule has 0 bridgehead atoms. The van der Waals surface area contributed by atoms with E-state index in [0.29, 0.717) is 5.65 Å². The van der Waals surface area contributed by atoms with Crippen LogP contribution in [0.15, 0.2) is 34.0 Å². The summed E-state index contributed by atoms with van der Waals surface area (Å²) in [6, 6.07) is 5.01. The largest absolute Gasteiger partial charge is 0.313 e. The average molecular weight is 277 g/mol. The van der Waals surface area contributed by atoms with Crippen LogP contribution in [0.1, 0.15) is 0 Å². The molecule has 0 fully saturated rings. The molecule has 5 nitrogen and oxygen atoms in total. The van der Waals surface area contributed by atoms with Gasteiger partial charge in [-0.25, -0.2) is 4.98 Å². The van der Waals surface area contributed by atoms with Crippen LogP contribution in [0.4, 0.5) is 0 Å². The number of rotatable bonds is 1. The van der Waals surface area contributed by atoms with Crippen molar-refractivity contribution in [3.8, 4) is 0 Å². The molecular weight excluding hydrogens is 272 g/mol. The van der Waals surface area contributed by atoms with Crippen LogP contribution in [0.3, 0.4) is 0 Å². The SMILES string of the molecule is O=S(=O)(O)c1c(Br)nc2ccccn12. The average Bonchev–Trinajstić information content (AvgIpc) is 2.38.